The molecule has 1 amide bonds. The van der Waals surface area contributed by atoms with Gasteiger partial charge in [0.05, 0.1) is 36.7 Å². The van der Waals surface area contributed by atoms with E-state index >= 15 is 0 Å². The molecule has 1 N–H and O–H groups in total. The molecule has 0 aliphatic carbocycles. The lowest BCUT2D eigenvalue weighted by molar-refractivity contribution is -0.134. The second-order valence-electron chi connectivity index (χ2n) is 9.64. The lowest BCUT2D eigenvalue weighted by Crippen LogP contribution is -2.49. The Bertz CT molecular complexity index is 1310. The summed E-state index contributed by atoms with van der Waals surface area (Å²) in [6.07, 6.45) is 3.14. The zero-order valence-electron chi connectivity index (χ0n) is 21.4. The van der Waals surface area contributed by atoms with Gasteiger partial charge in [0.15, 0.2) is 17.4 Å². The van der Waals surface area contributed by atoms with Crippen LogP contribution in [0.3, 0.4) is 0 Å². The minimum absolute atomic E-state index is 0.0258. The highest BCUT2D eigenvalue weighted by atomic mass is 19.1. The van der Waals surface area contributed by atoms with E-state index in [9.17, 15) is 13.6 Å². The number of ether oxygens (including phenoxy) is 1. The van der Waals surface area contributed by atoms with Crippen molar-refractivity contribution in [3.05, 3.63) is 59.8 Å². The molecule has 0 radical (unpaired) electrons. The van der Waals surface area contributed by atoms with Gasteiger partial charge in [-0.15, -0.1) is 0 Å². The van der Waals surface area contributed by atoms with Crippen LogP contribution >= 0.6 is 0 Å². The molecule has 2 aliphatic rings. The second kappa shape index (κ2) is 10.9. The number of rotatable bonds is 6. The maximum Gasteiger partial charge on any atom is 0.248 e. The van der Waals surface area contributed by atoms with Crippen LogP contribution in [-0.4, -0.2) is 82.8 Å². The second-order valence-corrected chi connectivity index (χ2v) is 9.64. The number of hydrogen-bond acceptors (Lipinski definition) is 8. The first-order valence-corrected chi connectivity index (χ1v) is 12.7. The van der Waals surface area contributed by atoms with Gasteiger partial charge in [-0.05, 0) is 38.1 Å². The fraction of sp³-hybridized carbons (Fsp3) is 0.407. The molecule has 0 spiro atoms. The number of amides is 1. The maximum atomic E-state index is 14.9. The molecule has 4 heterocycles. The van der Waals surface area contributed by atoms with E-state index in [1.54, 1.807) is 17.2 Å². The van der Waals surface area contributed by atoms with Crippen molar-refractivity contribution in [1.82, 2.24) is 19.9 Å². The summed E-state index contributed by atoms with van der Waals surface area (Å²) >= 11 is 0. The van der Waals surface area contributed by atoms with Gasteiger partial charge in [0, 0.05) is 43.5 Å². The van der Waals surface area contributed by atoms with Crippen molar-refractivity contribution in [2.24, 2.45) is 0 Å². The number of anilines is 2. The van der Waals surface area contributed by atoms with Crippen LogP contribution in [0.15, 0.2) is 36.7 Å². The molecule has 200 valence electrons. The van der Waals surface area contributed by atoms with Crippen LogP contribution in [0.25, 0.3) is 11.3 Å². The van der Waals surface area contributed by atoms with Crippen molar-refractivity contribution in [2.75, 3.05) is 55.7 Å². The molecule has 5 rings (SSSR count). The van der Waals surface area contributed by atoms with E-state index in [1.165, 1.54) is 6.07 Å². The fourth-order valence-corrected chi connectivity index (χ4v) is 4.85. The molecule has 0 unspecified atom stereocenters. The zero-order chi connectivity index (χ0) is 26.8. The Kier molecular flexibility index (Phi) is 7.37. The summed E-state index contributed by atoms with van der Waals surface area (Å²) in [5, 5.41) is 9.04. The third-order valence-corrected chi connectivity index (χ3v) is 6.88. The van der Waals surface area contributed by atoms with Gasteiger partial charge in [-0.3, -0.25) is 9.78 Å². The molecule has 0 bridgehead atoms. The van der Waals surface area contributed by atoms with Crippen LogP contribution in [0.1, 0.15) is 25.4 Å². The summed E-state index contributed by atoms with van der Waals surface area (Å²) in [4.78, 5) is 30.5. The number of hydrogen-bond donors (Lipinski definition) is 1. The molecule has 38 heavy (non-hydrogen) atoms. The summed E-state index contributed by atoms with van der Waals surface area (Å²) in [7, 11) is 0. The van der Waals surface area contributed by atoms with Crippen molar-refractivity contribution < 1.29 is 23.4 Å². The predicted molar refractivity (Wildman–Crippen MR) is 138 cm³/mol. The highest BCUT2D eigenvalue weighted by molar-refractivity contribution is 5.77. The molecule has 1 fully saturated rings. The van der Waals surface area contributed by atoms with E-state index in [2.05, 4.69) is 19.9 Å². The van der Waals surface area contributed by atoms with Gasteiger partial charge in [0.25, 0.3) is 0 Å². The quantitative estimate of drug-likeness (QED) is 0.526. The molecule has 0 atom stereocenters. The number of benzene rings is 1. The van der Waals surface area contributed by atoms with Crippen molar-refractivity contribution >= 4 is 17.3 Å². The Labute approximate surface area is 219 Å². The van der Waals surface area contributed by atoms with Crippen LogP contribution in [0.5, 0.6) is 5.75 Å². The normalized spacial score (nSPS) is 15.5. The molecule has 1 saturated heterocycles. The van der Waals surface area contributed by atoms with Crippen molar-refractivity contribution in [3.63, 3.8) is 0 Å². The molecule has 3 aromatic rings. The number of halogens is 2. The number of piperazine rings is 1. The number of aliphatic hydroxyl groups is 1. The first kappa shape index (κ1) is 25.8. The van der Waals surface area contributed by atoms with Gasteiger partial charge in [0.1, 0.15) is 24.7 Å². The van der Waals surface area contributed by atoms with E-state index in [0.717, 1.165) is 11.9 Å². The highest BCUT2D eigenvalue weighted by Crippen LogP contribution is 2.39. The van der Waals surface area contributed by atoms with Crippen LogP contribution in [0, 0.1) is 11.6 Å². The average molecular weight is 525 g/mol. The van der Waals surface area contributed by atoms with E-state index in [4.69, 9.17) is 9.84 Å². The van der Waals surface area contributed by atoms with Crippen LogP contribution < -0.4 is 14.5 Å². The summed E-state index contributed by atoms with van der Waals surface area (Å²) in [6, 6.07) is 6.89. The number of pyridine rings is 1. The summed E-state index contributed by atoms with van der Waals surface area (Å²) in [5.41, 5.74) is 2.56. The molecule has 9 nitrogen and oxygen atoms in total. The van der Waals surface area contributed by atoms with Gasteiger partial charge in [-0.2, -0.15) is 0 Å². The standard InChI is InChI=1S/C27H30F2N6O3/c1-17(2)35-9-10-38-27-21(28)11-18(12-23(27)35)26-22(29)15-31-24(32-26)13-19-3-4-20(14-30-19)33-5-7-34(8-6-33)25(37)16-36/h3-4,11-12,14-15,17,36H,5-10,13,16H2,1-2H3. The number of aliphatic hydroxyl groups excluding tert-OH is 1. The van der Waals surface area contributed by atoms with Gasteiger partial charge in [-0.1, -0.05) is 0 Å². The van der Waals surface area contributed by atoms with E-state index in [0.29, 0.717) is 62.1 Å². The smallest absolute Gasteiger partial charge is 0.248 e. The largest absolute Gasteiger partial charge is 0.486 e. The van der Waals surface area contributed by atoms with Gasteiger partial charge >= 0.3 is 0 Å². The first-order chi connectivity index (χ1) is 18.3. The summed E-state index contributed by atoms with van der Waals surface area (Å²) < 4.78 is 35.3. The minimum atomic E-state index is -0.636. The Morgan fingerprint density at radius 1 is 1.05 bits per heavy atom. The Morgan fingerprint density at radius 3 is 2.53 bits per heavy atom. The van der Waals surface area contributed by atoms with Crippen LogP contribution in [0.2, 0.25) is 0 Å². The van der Waals surface area contributed by atoms with E-state index < -0.39 is 18.2 Å². The molecule has 2 aromatic heterocycles. The van der Waals surface area contributed by atoms with E-state index in [1.807, 2.05) is 30.9 Å². The molecule has 2 aliphatic heterocycles. The number of carbonyl (C=O) groups excluding carboxylic acids is 1. The first-order valence-electron chi connectivity index (χ1n) is 12.7. The lowest BCUT2D eigenvalue weighted by Gasteiger charge is -2.35. The Hall–Kier alpha value is -3.86. The van der Waals surface area contributed by atoms with Gasteiger partial charge < -0.3 is 24.5 Å². The zero-order valence-corrected chi connectivity index (χ0v) is 21.4. The van der Waals surface area contributed by atoms with E-state index in [-0.39, 0.29) is 29.8 Å². The third-order valence-electron chi connectivity index (χ3n) is 6.88. The molecular weight excluding hydrogens is 494 g/mol. The molecule has 0 saturated carbocycles. The minimum Gasteiger partial charge on any atom is -0.486 e. The summed E-state index contributed by atoms with van der Waals surface area (Å²) in [6.45, 7) is 6.92. The molecule has 11 heteroatoms. The highest BCUT2D eigenvalue weighted by Gasteiger charge is 2.26. The molecule has 1 aromatic carbocycles. The third kappa shape index (κ3) is 5.24. The van der Waals surface area contributed by atoms with Crippen LogP contribution in [-0.2, 0) is 11.2 Å². The van der Waals surface area contributed by atoms with Crippen LogP contribution in [0.4, 0.5) is 20.2 Å². The number of aromatic nitrogens is 3. The Balaban J connectivity index is 1.33. The average Bonchev–Trinajstić information content (AvgIpc) is 2.93. The van der Waals surface area contributed by atoms with Gasteiger partial charge in [0.2, 0.25) is 5.91 Å². The predicted octanol–water partition coefficient (Wildman–Crippen LogP) is 2.66. The maximum absolute atomic E-state index is 14.9. The fourth-order valence-electron chi connectivity index (χ4n) is 4.85. The van der Waals surface area contributed by atoms with Crippen molar-refractivity contribution in [1.29, 1.82) is 0 Å². The number of nitrogens with zero attached hydrogens (tertiary/aromatic N) is 6. The van der Waals surface area contributed by atoms with Crippen molar-refractivity contribution in [2.45, 2.75) is 26.3 Å². The number of fused-ring (bicyclic) bond motifs is 1. The van der Waals surface area contributed by atoms with Gasteiger partial charge in [-0.25, -0.2) is 18.7 Å². The topological polar surface area (TPSA) is 94.9 Å². The van der Waals surface area contributed by atoms with Crippen molar-refractivity contribution in [3.8, 4) is 17.0 Å². The Morgan fingerprint density at radius 2 is 1.84 bits per heavy atom. The summed E-state index contributed by atoms with van der Waals surface area (Å²) in [5.74, 6) is -0.910. The SMILES string of the molecule is CC(C)N1CCOc2c(F)cc(-c3nc(Cc4ccc(N5CCN(C(=O)CO)CC5)cn4)ncc3F)cc21. The lowest BCUT2D eigenvalue weighted by atomic mass is 10.1. The number of carbonyl (C=O) groups is 1. The monoisotopic (exact) mass is 524 g/mol. The molecular formula is C27H30F2N6O3.